The van der Waals surface area contributed by atoms with E-state index in [0.717, 1.165) is 10.9 Å². The minimum atomic E-state index is -1.98. The van der Waals surface area contributed by atoms with Gasteiger partial charge in [-0.3, -0.25) is 71.9 Å². The largest absolute Gasteiger partial charge is 0.508 e. The van der Waals surface area contributed by atoms with Gasteiger partial charge in [-0.05, 0) is 72.7 Å². The van der Waals surface area contributed by atoms with E-state index in [1.807, 2.05) is 0 Å². The number of nitrogens with two attached hydrogens (primary N) is 4. The van der Waals surface area contributed by atoms with Crippen molar-refractivity contribution in [1.82, 2.24) is 73.4 Å². The summed E-state index contributed by atoms with van der Waals surface area (Å²) in [6.07, 6.45) is -0.146. The van der Waals surface area contributed by atoms with Gasteiger partial charge in [-0.25, -0.2) is 4.98 Å². The molecule has 0 fully saturated rings. The predicted octanol–water partition coefficient (Wildman–Crippen LogP) is -6.30. The number of primary amides is 3. The number of amides is 14. The fraction of sp³-hybridized carbons (Fsp3) is 0.433. The van der Waals surface area contributed by atoms with Crippen LogP contribution in [0.5, 0.6) is 11.5 Å². The molecular weight excluding hydrogens is 1410 g/mol. The number of benzene rings is 3. The van der Waals surface area contributed by atoms with Gasteiger partial charge in [-0.1, -0.05) is 62.7 Å². The van der Waals surface area contributed by atoms with Crippen molar-refractivity contribution in [2.75, 3.05) is 19.0 Å². The molecule has 0 unspecified atom stereocenters. The summed E-state index contributed by atoms with van der Waals surface area (Å²) in [4.78, 5) is 213. The highest BCUT2D eigenvalue weighted by Crippen LogP contribution is 2.20. The van der Waals surface area contributed by atoms with Crippen LogP contribution in [-0.2, 0) is 97.6 Å². The van der Waals surface area contributed by atoms with Gasteiger partial charge in [-0.2, -0.15) is 12.6 Å². The average molecular weight is 1500 g/mol. The number of imidazole rings is 1. The number of para-hydroxylation sites is 1. The van der Waals surface area contributed by atoms with Crippen LogP contribution in [0.1, 0.15) is 81.7 Å². The molecule has 0 radical (unpaired) electrons. The fourth-order valence-corrected chi connectivity index (χ4v) is 10.7. The van der Waals surface area contributed by atoms with Crippen LogP contribution in [-0.4, -0.2) is 221 Å². The van der Waals surface area contributed by atoms with Crippen LogP contribution in [0.4, 0.5) is 0 Å². The number of hydrogen-bond donors (Lipinski definition) is 23. The summed E-state index contributed by atoms with van der Waals surface area (Å²) in [5.41, 5.74) is 24.6. The second-order valence-corrected chi connectivity index (χ2v) is 25.2. The van der Waals surface area contributed by atoms with Gasteiger partial charge in [0.05, 0.1) is 37.7 Å². The van der Waals surface area contributed by atoms with Crippen LogP contribution in [0.3, 0.4) is 0 Å². The third kappa shape index (κ3) is 26.8. The molecule has 106 heavy (non-hydrogen) atoms. The Morgan fingerprint density at radius 2 is 0.887 bits per heavy atom. The lowest BCUT2D eigenvalue weighted by molar-refractivity contribution is -0.141. The zero-order valence-electron chi connectivity index (χ0n) is 57.9. The van der Waals surface area contributed by atoms with Crippen molar-refractivity contribution in [3.63, 3.8) is 0 Å². The van der Waals surface area contributed by atoms with Crippen molar-refractivity contribution in [2.45, 2.75) is 157 Å². The quantitative estimate of drug-likeness (QED) is 0.0161. The van der Waals surface area contributed by atoms with E-state index < -0.39 is 232 Å². The summed E-state index contributed by atoms with van der Waals surface area (Å²) < 4.78 is 0. The molecule has 5 rings (SSSR count). The van der Waals surface area contributed by atoms with E-state index in [1.165, 1.54) is 68.0 Å². The van der Waals surface area contributed by atoms with Crippen molar-refractivity contribution in [3.05, 3.63) is 114 Å². The van der Waals surface area contributed by atoms with Gasteiger partial charge in [-0.15, -0.1) is 0 Å². The molecule has 2 aromatic heterocycles. The number of aromatic amines is 2. The third-order valence-corrected chi connectivity index (χ3v) is 17.1. The van der Waals surface area contributed by atoms with E-state index in [2.05, 4.69) is 86.1 Å². The molecule has 0 saturated carbocycles. The summed E-state index contributed by atoms with van der Waals surface area (Å²) in [5, 5.41) is 77.5. The number of aromatic nitrogens is 3. The number of phenolic OH excluding ortho intramolecular Hbond substituents is 2. The number of phenols is 2. The third-order valence-electron chi connectivity index (χ3n) is 16.8. The van der Waals surface area contributed by atoms with E-state index in [1.54, 1.807) is 44.3 Å². The Kier molecular flexibility index (Phi) is 33.3. The number of nitrogens with zero attached hydrogens (tertiary/aromatic N) is 1. The number of rotatable bonds is 44. The summed E-state index contributed by atoms with van der Waals surface area (Å²) in [6.45, 7) is 2.52. The molecule has 0 spiro atoms. The number of carboxylic acids is 1. The number of thiol groups is 1. The zero-order chi connectivity index (χ0) is 78.5. The van der Waals surface area contributed by atoms with Gasteiger partial charge in [0.25, 0.3) is 0 Å². The molecule has 13 atom stereocenters. The standard InChI is InChI=1S/C67H90N18O20S/c1-4-32(2)55(70)67(105)75-33(3)57(95)79-48(25-54(92)93)63(101)81-45(21-34-9-13-38(88)14-10-34)60(98)80-46(22-35-11-15-39(89)16-12-35)61(99)85-51(30-106)66(104)77-42(17-19-52(68)90)58(96)76-43(18-20-53(69)91)59(97)83-50(29-87)65(103)82-47(24-37-27-72-31-74-37)62(100)84-49(28-86)64(102)78-44(56(71)94)23-36-26-73-41-8-6-5-7-40(36)41/h5-16,26-27,31-33,42-51,55,73,86-89,106H,4,17-25,28-30,70H2,1-3H3,(H2,68,90)(H2,69,91)(H2,71,94)(H,72,74)(H,75,105)(H,76,96)(H,77,104)(H,78,102)(H,79,95)(H,80,98)(H,81,101)(H,82,103)(H,83,97)(H,84,100)(H,85,99)(H,92,93)/t32-,33-,42-,43-,44-,45-,46-,47-,48-,49-,50-,51-,55-/m0/s1. The molecule has 2 heterocycles. The first-order chi connectivity index (χ1) is 50.2. The van der Waals surface area contributed by atoms with Crippen LogP contribution in [0.2, 0.25) is 0 Å². The summed E-state index contributed by atoms with van der Waals surface area (Å²) in [6, 6.07) is -2.37. The van der Waals surface area contributed by atoms with E-state index in [-0.39, 0.29) is 40.7 Å². The van der Waals surface area contributed by atoms with E-state index >= 15 is 0 Å². The number of aliphatic carboxylic acids is 1. The number of nitrogens with one attached hydrogen (secondary N) is 13. The minimum absolute atomic E-state index is 0.0992. The molecule has 0 bridgehead atoms. The maximum Gasteiger partial charge on any atom is 0.305 e. The maximum atomic E-state index is 14.6. The molecule has 14 amide bonds. The van der Waals surface area contributed by atoms with Gasteiger partial charge in [0.1, 0.15) is 78.0 Å². The highest BCUT2D eigenvalue weighted by molar-refractivity contribution is 7.80. The molecule has 39 heteroatoms. The monoisotopic (exact) mass is 1500 g/mol. The molecule has 0 aliphatic carbocycles. The average Bonchev–Trinajstić information content (AvgIpc) is 1.63. The van der Waals surface area contributed by atoms with Gasteiger partial charge >= 0.3 is 5.97 Å². The Labute approximate surface area is 611 Å². The lowest BCUT2D eigenvalue weighted by Gasteiger charge is -2.28. The Balaban J connectivity index is 1.34. The molecule has 0 aliphatic heterocycles. The van der Waals surface area contributed by atoms with Crippen LogP contribution in [0, 0.1) is 5.92 Å². The predicted molar refractivity (Wildman–Crippen MR) is 379 cm³/mol. The van der Waals surface area contributed by atoms with E-state index in [9.17, 15) is 97.5 Å². The fourth-order valence-electron chi connectivity index (χ4n) is 10.4. The van der Waals surface area contributed by atoms with Crippen molar-refractivity contribution in [1.29, 1.82) is 0 Å². The first-order valence-corrected chi connectivity index (χ1v) is 34.0. The van der Waals surface area contributed by atoms with E-state index in [0.29, 0.717) is 12.0 Å². The number of carbonyl (C=O) groups excluding carboxylic acids is 14. The number of hydrogen-bond acceptors (Lipinski definition) is 22. The molecule has 0 aliphatic rings. The summed E-state index contributed by atoms with van der Waals surface area (Å²) >= 11 is 4.24. The number of aliphatic hydroxyl groups excluding tert-OH is 2. The van der Waals surface area contributed by atoms with Crippen molar-refractivity contribution in [2.24, 2.45) is 28.9 Å². The number of fused-ring (bicyclic) bond motifs is 1. The van der Waals surface area contributed by atoms with E-state index in [4.69, 9.17) is 22.9 Å². The zero-order valence-corrected chi connectivity index (χ0v) is 58.8. The first-order valence-electron chi connectivity index (χ1n) is 33.3. The van der Waals surface area contributed by atoms with Crippen molar-refractivity contribution in [3.8, 4) is 11.5 Å². The van der Waals surface area contributed by atoms with Crippen LogP contribution in [0.25, 0.3) is 10.9 Å². The number of carbonyl (C=O) groups is 15. The summed E-state index contributed by atoms with van der Waals surface area (Å²) in [7, 11) is 0. The molecule has 574 valence electrons. The van der Waals surface area contributed by atoms with Crippen LogP contribution < -0.4 is 81.4 Å². The summed E-state index contributed by atoms with van der Waals surface area (Å²) in [5.74, 6) is -18.2. The second-order valence-electron chi connectivity index (χ2n) is 24.9. The van der Waals surface area contributed by atoms with Gasteiger partial charge in [0.2, 0.25) is 82.7 Å². The smallest absolute Gasteiger partial charge is 0.305 e. The Bertz CT molecular complexity index is 3920. The second kappa shape index (κ2) is 41.5. The maximum absolute atomic E-state index is 14.6. The minimum Gasteiger partial charge on any atom is -0.508 e. The number of aromatic hydroxyl groups is 2. The number of H-pyrrole nitrogens is 2. The number of carboxylic acid groups (broad SMARTS) is 1. The topological polar surface area (TPSA) is 638 Å². The van der Waals surface area contributed by atoms with Gasteiger partial charge in [0.15, 0.2) is 0 Å². The highest BCUT2D eigenvalue weighted by atomic mass is 32.1. The van der Waals surface area contributed by atoms with Crippen LogP contribution >= 0.6 is 12.6 Å². The lowest BCUT2D eigenvalue weighted by Crippen LogP contribution is -2.62. The molecule has 26 N–H and O–H groups in total. The molecule has 38 nitrogen and oxygen atoms in total. The molecule has 5 aromatic rings. The molecule has 3 aromatic carbocycles. The normalized spacial score (nSPS) is 14.8. The SMILES string of the molecule is CC[C@H](C)[C@H](N)C(=O)N[C@@H](C)C(=O)N[C@@H](CC(=O)O)C(=O)N[C@@H](Cc1ccc(O)cc1)C(=O)N[C@@H](Cc1ccc(O)cc1)C(=O)N[C@@H](CS)C(=O)N[C@@H](CCC(N)=O)C(=O)N[C@@H](CCC(N)=O)C(=O)N[C@@H](CO)C(=O)N[C@@H](Cc1c[nH]cn1)C(=O)N[C@@H](CO)C(=O)N[C@@H](Cc1c[nH]c2ccccc12)C(N)=O. The van der Waals surface area contributed by atoms with Gasteiger partial charge in [0, 0.05) is 67.6 Å². The van der Waals surface area contributed by atoms with Crippen LogP contribution in [0.15, 0.2) is 91.5 Å². The molecule has 0 saturated heterocycles. The Morgan fingerprint density at radius 3 is 1.32 bits per heavy atom. The Morgan fingerprint density at radius 1 is 0.481 bits per heavy atom. The number of aliphatic hydroxyl groups is 2. The first kappa shape index (κ1) is 84.9. The Hall–Kier alpha value is -11.7. The lowest BCUT2D eigenvalue weighted by atomic mass is 9.99. The molecular formula is C67H90N18O20S. The van der Waals surface area contributed by atoms with Gasteiger partial charge < -0.3 is 117 Å². The van der Waals surface area contributed by atoms with Crippen molar-refractivity contribution >= 4 is 112 Å². The van der Waals surface area contributed by atoms with Crippen molar-refractivity contribution < 1.29 is 97.5 Å². The highest BCUT2D eigenvalue weighted by Gasteiger charge is 2.38.